The predicted octanol–water partition coefficient (Wildman–Crippen LogP) is 3.73. The monoisotopic (exact) mass is 267 g/mol. The van der Waals surface area contributed by atoms with Crippen LogP contribution in [0.1, 0.15) is 12.5 Å². The van der Waals surface area contributed by atoms with Gasteiger partial charge in [0.15, 0.2) is 0 Å². The minimum Gasteiger partial charge on any atom is -0.305 e. The quantitative estimate of drug-likeness (QED) is 0.840. The van der Waals surface area contributed by atoms with Gasteiger partial charge in [-0.05, 0) is 31.0 Å². The first-order chi connectivity index (χ1) is 7.04. The van der Waals surface area contributed by atoms with Gasteiger partial charge in [0.05, 0.1) is 7.11 Å². The Morgan fingerprint density at radius 3 is 2.27 bits per heavy atom. The van der Waals surface area contributed by atoms with Crippen molar-refractivity contribution in [1.82, 2.24) is 5.48 Å². The molecule has 15 heavy (non-hydrogen) atoms. The topological polar surface area (TPSA) is 21.3 Å². The Morgan fingerprint density at radius 2 is 1.80 bits per heavy atom. The van der Waals surface area contributed by atoms with Gasteiger partial charge in [0.25, 0.3) is 0 Å². The van der Waals surface area contributed by atoms with Crippen LogP contribution in [0.15, 0.2) is 12.1 Å². The van der Waals surface area contributed by atoms with Gasteiger partial charge in [-0.2, -0.15) is 5.48 Å². The number of nitrogens with one attached hydrogen (secondary N) is 1. The molecule has 0 saturated heterocycles. The number of hydrogen-bond acceptors (Lipinski definition) is 2. The van der Waals surface area contributed by atoms with E-state index in [9.17, 15) is 0 Å². The van der Waals surface area contributed by atoms with Crippen molar-refractivity contribution in [2.45, 2.75) is 19.4 Å². The Morgan fingerprint density at radius 1 is 1.27 bits per heavy atom. The van der Waals surface area contributed by atoms with E-state index in [1.165, 1.54) is 0 Å². The maximum absolute atomic E-state index is 6.04. The first kappa shape index (κ1) is 13.1. The zero-order valence-corrected chi connectivity index (χ0v) is 10.7. The summed E-state index contributed by atoms with van der Waals surface area (Å²) in [5, 5.41) is 1.70. The average molecular weight is 269 g/mol. The van der Waals surface area contributed by atoms with E-state index in [2.05, 4.69) is 5.48 Å². The summed E-state index contributed by atoms with van der Waals surface area (Å²) in [5.41, 5.74) is 3.69. The van der Waals surface area contributed by atoms with Crippen molar-refractivity contribution < 1.29 is 4.84 Å². The molecule has 84 valence electrons. The molecule has 1 aromatic carbocycles. The van der Waals surface area contributed by atoms with Crippen molar-refractivity contribution >= 4 is 34.8 Å². The van der Waals surface area contributed by atoms with E-state index >= 15 is 0 Å². The second-order valence-electron chi connectivity index (χ2n) is 3.28. The fourth-order valence-corrected chi connectivity index (χ4v) is 2.29. The van der Waals surface area contributed by atoms with Crippen molar-refractivity contribution in [3.05, 3.63) is 32.8 Å². The molecule has 0 heterocycles. The van der Waals surface area contributed by atoms with Crippen molar-refractivity contribution in [2.24, 2.45) is 0 Å². The minimum atomic E-state index is 0.131. The van der Waals surface area contributed by atoms with Crippen LogP contribution in [0.5, 0.6) is 0 Å². The molecule has 2 nitrogen and oxygen atoms in total. The van der Waals surface area contributed by atoms with Crippen LogP contribution >= 0.6 is 34.8 Å². The SMILES string of the molecule is CON[C@@H](C)Cc1c(Cl)cc(Cl)cc1Cl. The van der Waals surface area contributed by atoms with Crippen LogP contribution in [0.4, 0.5) is 0 Å². The molecule has 0 radical (unpaired) electrons. The summed E-state index contributed by atoms with van der Waals surface area (Å²) >= 11 is 17.9. The van der Waals surface area contributed by atoms with Crippen LogP contribution in [0.3, 0.4) is 0 Å². The minimum absolute atomic E-state index is 0.131. The fourth-order valence-electron chi connectivity index (χ4n) is 1.32. The van der Waals surface area contributed by atoms with Crippen LogP contribution < -0.4 is 5.48 Å². The molecule has 0 spiro atoms. The number of hydrogen-bond donors (Lipinski definition) is 1. The van der Waals surface area contributed by atoms with Crippen LogP contribution in [0.2, 0.25) is 15.1 Å². The number of benzene rings is 1. The van der Waals surface area contributed by atoms with E-state index in [1.54, 1.807) is 19.2 Å². The Labute approximate surface area is 104 Å². The zero-order valence-electron chi connectivity index (χ0n) is 8.48. The predicted molar refractivity (Wildman–Crippen MR) is 64.8 cm³/mol. The van der Waals surface area contributed by atoms with Crippen molar-refractivity contribution in [2.75, 3.05) is 7.11 Å². The first-order valence-corrected chi connectivity index (χ1v) is 5.60. The highest BCUT2D eigenvalue weighted by Crippen LogP contribution is 2.29. The van der Waals surface area contributed by atoms with Gasteiger partial charge in [-0.1, -0.05) is 34.8 Å². The summed E-state index contributed by atoms with van der Waals surface area (Å²) < 4.78 is 0. The molecule has 0 amide bonds. The van der Waals surface area contributed by atoms with Gasteiger partial charge >= 0.3 is 0 Å². The Balaban J connectivity index is 2.85. The number of rotatable bonds is 4. The lowest BCUT2D eigenvalue weighted by molar-refractivity contribution is 0.0661. The lowest BCUT2D eigenvalue weighted by atomic mass is 10.1. The van der Waals surface area contributed by atoms with Crippen LogP contribution in [-0.2, 0) is 11.3 Å². The molecule has 0 fully saturated rings. The molecule has 0 aliphatic heterocycles. The molecule has 0 bridgehead atoms. The normalized spacial score (nSPS) is 12.9. The Bertz CT molecular complexity index is 320. The average Bonchev–Trinajstić information content (AvgIpc) is 2.11. The molecule has 1 rings (SSSR count). The Hall–Kier alpha value is 0.01000. The van der Waals surface area contributed by atoms with E-state index in [4.69, 9.17) is 39.6 Å². The summed E-state index contributed by atoms with van der Waals surface area (Å²) in [6, 6.07) is 3.50. The van der Waals surface area contributed by atoms with Crippen LogP contribution in [0, 0.1) is 0 Å². The molecule has 1 atom stereocenters. The highest BCUT2D eigenvalue weighted by molar-refractivity contribution is 6.39. The van der Waals surface area contributed by atoms with Crippen molar-refractivity contribution in [1.29, 1.82) is 0 Å². The van der Waals surface area contributed by atoms with Gasteiger partial charge in [-0.25, -0.2) is 0 Å². The van der Waals surface area contributed by atoms with E-state index in [-0.39, 0.29) is 6.04 Å². The molecule has 5 heteroatoms. The molecule has 0 aliphatic rings. The van der Waals surface area contributed by atoms with Gasteiger partial charge in [-0.15, -0.1) is 0 Å². The third kappa shape index (κ3) is 3.82. The molecule has 0 unspecified atom stereocenters. The highest BCUT2D eigenvalue weighted by Gasteiger charge is 2.11. The lowest BCUT2D eigenvalue weighted by Gasteiger charge is -2.14. The standard InChI is InChI=1S/C10H12Cl3NO/c1-6(14-15-2)3-8-9(12)4-7(11)5-10(8)13/h4-6,14H,3H2,1-2H3/t6-/m0/s1. The second-order valence-corrected chi connectivity index (χ2v) is 4.53. The maximum Gasteiger partial charge on any atom is 0.0572 e. The summed E-state index contributed by atoms with van der Waals surface area (Å²) in [5.74, 6) is 0. The Kier molecular flexibility index (Phi) is 5.16. The summed E-state index contributed by atoms with van der Waals surface area (Å²) in [7, 11) is 1.57. The van der Waals surface area contributed by atoms with Gasteiger partial charge < -0.3 is 4.84 Å². The maximum atomic E-state index is 6.04. The first-order valence-electron chi connectivity index (χ1n) is 4.46. The lowest BCUT2D eigenvalue weighted by Crippen LogP contribution is -2.27. The van der Waals surface area contributed by atoms with E-state index in [0.29, 0.717) is 21.5 Å². The molecular weight excluding hydrogens is 256 g/mol. The van der Waals surface area contributed by atoms with E-state index in [1.807, 2.05) is 6.92 Å². The summed E-state index contributed by atoms with van der Waals surface area (Å²) in [6.07, 6.45) is 0.683. The summed E-state index contributed by atoms with van der Waals surface area (Å²) in [4.78, 5) is 4.82. The molecule has 1 aromatic rings. The van der Waals surface area contributed by atoms with E-state index < -0.39 is 0 Å². The van der Waals surface area contributed by atoms with Gasteiger partial charge in [0, 0.05) is 21.1 Å². The van der Waals surface area contributed by atoms with E-state index in [0.717, 1.165) is 5.56 Å². The molecular formula is C10H12Cl3NO. The largest absolute Gasteiger partial charge is 0.305 e. The number of hydroxylamine groups is 1. The molecule has 1 N–H and O–H groups in total. The molecule has 0 aliphatic carbocycles. The van der Waals surface area contributed by atoms with Crippen molar-refractivity contribution in [3.8, 4) is 0 Å². The number of halogens is 3. The van der Waals surface area contributed by atoms with Crippen molar-refractivity contribution in [3.63, 3.8) is 0 Å². The van der Waals surface area contributed by atoms with Gasteiger partial charge in [0.2, 0.25) is 0 Å². The van der Waals surface area contributed by atoms with Crippen LogP contribution in [0.25, 0.3) is 0 Å². The molecule has 0 saturated carbocycles. The highest BCUT2D eigenvalue weighted by atomic mass is 35.5. The third-order valence-corrected chi connectivity index (χ3v) is 2.83. The second kappa shape index (κ2) is 5.92. The smallest absolute Gasteiger partial charge is 0.0572 e. The third-order valence-electron chi connectivity index (χ3n) is 1.94. The molecule has 0 aromatic heterocycles. The fraction of sp³-hybridized carbons (Fsp3) is 0.400. The summed E-state index contributed by atoms with van der Waals surface area (Å²) in [6.45, 7) is 1.98. The zero-order chi connectivity index (χ0) is 11.4. The van der Waals surface area contributed by atoms with Gasteiger partial charge in [-0.3, -0.25) is 0 Å². The van der Waals surface area contributed by atoms with Gasteiger partial charge in [0.1, 0.15) is 0 Å². The van der Waals surface area contributed by atoms with Crippen LogP contribution in [-0.4, -0.2) is 13.2 Å².